The number of para-hydroxylation sites is 1. The molecule has 0 bridgehead atoms. The van der Waals surface area contributed by atoms with Crippen LogP contribution in [-0.4, -0.2) is 41.7 Å². The summed E-state index contributed by atoms with van der Waals surface area (Å²) in [7, 11) is 0. The van der Waals surface area contributed by atoms with Crippen molar-refractivity contribution < 1.29 is 9.90 Å². The highest BCUT2D eigenvalue weighted by Crippen LogP contribution is 2.19. The van der Waals surface area contributed by atoms with Crippen molar-refractivity contribution in [3.63, 3.8) is 0 Å². The van der Waals surface area contributed by atoms with Gasteiger partial charge in [-0.25, -0.2) is 0 Å². The van der Waals surface area contributed by atoms with Crippen molar-refractivity contribution in [3.8, 4) is 11.8 Å². The van der Waals surface area contributed by atoms with Gasteiger partial charge in [0.2, 0.25) is 0 Å². The number of rotatable bonds is 3. The van der Waals surface area contributed by atoms with E-state index in [1.807, 2.05) is 24.3 Å². The minimum Gasteiger partial charge on any atom is -0.391 e. The fourth-order valence-electron chi connectivity index (χ4n) is 2.36. The molecule has 1 amide bonds. The maximum atomic E-state index is 12.5. The summed E-state index contributed by atoms with van der Waals surface area (Å²) >= 11 is 0. The lowest BCUT2D eigenvalue weighted by atomic mass is 10.1. The summed E-state index contributed by atoms with van der Waals surface area (Å²) < 4.78 is 0. The van der Waals surface area contributed by atoms with Gasteiger partial charge >= 0.3 is 0 Å². The number of nitrogens with one attached hydrogen (secondary N) is 1. The third kappa shape index (κ3) is 3.52. The molecule has 1 aliphatic rings. The second kappa shape index (κ2) is 6.97. The molecule has 0 spiro atoms. The minimum absolute atomic E-state index is 0.0312. The third-order valence-corrected chi connectivity index (χ3v) is 3.39. The molecule has 4 heteroatoms. The van der Waals surface area contributed by atoms with Gasteiger partial charge in [0.1, 0.15) is 0 Å². The van der Waals surface area contributed by atoms with Crippen LogP contribution < -0.4 is 5.32 Å². The Labute approximate surface area is 119 Å². The van der Waals surface area contributed by atoms with Crippen LogP contribution in [0.1, 0.15) is 30.1 Å². The highest BCUT2D eigenvalue weighted by Gasteiger charge is 2.24. The number of piperidine rings is 1. The first kappa shape index (κ1) is 14.4. The average molecular weight is 272 g/mol. The fourth-order valence-corrected chi connectivity index (χ4v) is 2.36. The van der Waals surface area contributed by atoms with E-state index in [2.05, 4.69) is 17.2 Å². The van der Waals surface area contributed by atoms with Gasteiger partial charge in [-0.3, -0.25) is 4.79 Å². The van der Waals surface area contributed by atoms with Gasteiger partial charge in [-0.1, -0.05) is 18.1 Å². The monoisotopic (exact) mass is 272 g/mol. The van der Waals surface area contributed by atoms with Crippen molar-refractivity contribution in [2.24, 2.45) is 0 Å². The molecule has 0 aromatic heterocycles. The Hall–Kier alpha value is -1.99. The molecule has 2 N–H and O–H groups in total. The number of anilines is 1. The quantitative estimate of drug-likeness (QED) is 0.824. The predicted octanol–water partition coefficient (Wildman–Crippen LogP) is 1.72. The second-order valence-corrected chi connectivity index (χ2v) is 4.87. The van der Waals surface area contributed by atoms with Crippen molar-refractivity contribution in [1.29, 1.82) is 0 Å². The number of carbonyl (C=O) groups is 1. The highest BCUT2D eigenvalue weighted by atomic mass is 16.3. The predicted molar refractivity (Wildman–Crippen MR) is 79.5 cm³/mol. The Morgan fingerprint density at radius 2 is 2.30 bits per heavy atom. The largest absolute Gasteiger partial charge is 0.391 e. The molecule has 0 radical (unpaired) electrons. The van der Waals surface area contributed by atoms with E-state index >= 15 is 0 Å². The fraction of sp³-hybridized carbons (Fsp3) is 0.438. The maximum absolute atomic E-state index is 12.5. The van der Waals surface area contributed by atoms with Crippen LogP contribution in [0.25, 0.3) is 0 Å². The van der Waals surface area contributed by atoms with Gasteiger partial charge in [0.15, 0.2) is 0 Å². The van der Waals surface area contributed by atoms with Crippen LogP contribution in [0.15, 0.2) is 24.3 Å². The molecule has 0 aliphatic carbocycles. The van der Waals surface area contributed by atoms with Crippen LogP contribution >= 0.6 is 0 Å². The lowest BCUT2D eigenvalue weighted by molar-refractivity contribution is 0.0474. The molecule has 1 aromatic rings. The highest BCUT2D eigenvalue weighted by molar-refractivity contribution is 5.99. The molecule has 4 nitrogen and oxygen atoms in total. The third-order valence-electron chi connectivity index (χ3n) is 3.39. The molecule has 106 valence electrons. The van der Waals surface area contributed by atoms with E-state index in [4.69, 9.17) is 0 Å². The molecular formula is C16H20N2O2. The summed E-state index contributed by atoms with van der Waals surface area (Å²) in [6.07, 6.45) is 1.22. The van der Waals surface area contributed by atoms with E-state index < -0.39 is 6.10 Å². The molecule has 1 aliphatic heterocycles. The lowest BCUT2D eigenvalue weighted by Crippen LogP contribution is -2.42. The smallest absolute Gasteiger partial charge is 0.256 e. The number of carbonyl (C=O) groups excluding carboxylic acids is 1. The van der Waals surface area contributed by atoms with Gasteiger partial charge < -0.3 is 15.3 Å². The van der Waals surface area contributed by atoms with Gasteiger partial charge in [-0.2, -0.15) is 0 Å². The van der Waals surface area contributed by atoms with Crippen LogP contribution in [0, 0.1) is 11.8 Å². The first-order valence-corrected chi connectivity index (χ1v) is 6.92. The van der Waals surface area contributed by atoms with Gasteiger partial charge in [0, 0.05) is 18.8 Å². The van der Waals surface area contributed by atoms with Gasteiger partial charge in [0.25, 0.3) is 5.91 Å². The number of aliphatic hydroxyl groups is 1. The van der Waals surface area contributed by atoms with Crippen LogP contribution in [0.3, 0.4) is 0 Å². The number of nitrogens with zero attached hydrogens (tertiary/aromatic N) is 1. The van der Waals surface area contributed by atoms with Crippen molar-refractivity contribution >= 4 is 11.6 Å². The Morgan fingerprint density at radius 1 is 1.50 bits per heavy atom. The van der Waals surface area contributed by atoms with Crippen LogP contribution in [0.5, 0.6) is 0 Å². The number of hydrogen-bond donors (Lipinski definition) is 2. The number of benzene rings is 1. The van der Waals surface area contributed by atoms with Gasteiger partial charge in [-0.05, 0) is 31.9 Å². The van der Waals surface area contributed by atoms with E-state index in [1.54, 1.807) is 11.8 Å². The number of likely N-dealkylation sites (tertiary alicyclic amines) is 1. The van der Waals surface area contributed by atoms with E-state index in [-0.39, 0.29) is 5.91 Å². The molecule has 1 heterocycles. The standard InChI is InChI=1S/C16H20N2O2/c1-2-3-10-17-15-9-5-4-8-14(15)16(20)18-11-6-7-13(19)12-18/h4-5,8-9,13,17,19H,6-7,10-12H2,1H3. The Balaban J connectivity index is 2.13. The lowest BCUT2D eigenvalue weighted by Gasteiger charge is -2.30. The summed E-state index contributed by atoms with van der Waals surface area (Å²) in [5.74, 6) is 5.71. The Morgan fingerprint density at radius 3 is 3.05 bits per heavy atom. The number of β-amino-alcohol motifs (C(OH)–C–C–N with tert-alkyl or cyclic N) is 1. The zero-order valence-electron chi connectivity index (χ0n) is 11.7. The number of amides is 1. The summed E-state index contributed by atoms with van der Waals surface area (Å²) in [6, 6.07) is 7.43. The van der Waals surface area contributed by atoms with E-state index in [0.717, 1.165) is 18.5 Å². The first-order valence-electron chi connectivity index (χ1n) is 6.92. The van der Waals surface area contributed by atoms with E-state index in [1.165, 1.54) is 0 Å². The van der Waals surface area contributed by atoms with Crippen molar-refractivity contribution in [3.05, 3.63) is 29.8 Å². The van der Waals surface area contributed by atoms with Crippen LogP contribution in [0.4, 0.5) is 5.69 Å². The first-order chi connectivity index (χ1) is 9.72. The molecule has 1 unspecified atom stereocenters. The Kier molecular flexibility index (Phi) is 5.03. The molecule has 2 rings (SSSR count). The topological polar surface area (TPSA) is 52.6 Å². The Bertz CT molecular complexity index is 531. The number of aliphatic hydroxyl groups excluding tert-OH is 1. The summed E-state index contributed by atoms with van der Waals surface area (Å²) in [5, 5.41) is 12.9. The van der Waals surface area contributed by atoms with Crippen LogP contribution in [0.2, 0.25) is 0 Å². The molecule has 1 saturated heterocycles. The minimum atomic E-state index is -0.404. The van der Waals surface area contributed by atoms with Crippen LogP contribution in [-0.2, 0) is 0 Å². The van der Waals surface area contributed by atoms with Gasteiger partial charge in [0.05, 0.1) is 18.2 Å². The zero-order chi connectivity index (χ0) is 14.4. The molecule has 0 saturated carbocycles. The summed E-state index contributed by atoms with van der Waals surface area (Å²) in [6.45, 7) is 3.43. The average Bonchev–Trinajstić information content (AvgIpc) is 2.47. The molecule has 1 fully saturated rings. The SMILES string of the molecule is CC#CCNc1ccccc1C(=O)N1CCCC(O)C1. The normalized spacial score (nSPS) is 18.1. The van der Waals surface area contributed by atoms with E-state index in [9.17, 15) is 9.90 Å². The van der Waals surface area contributed by atoms with Gasteiger partial charge in [-0.15, -0.1) is 5.92 Å². The molecule has 20 heavy (non-hydrogen) atoms. The van der Waals surface area contributed by atoms with Crippen molar-refractivity contribution in [2.45, 2.75) is 25.9 Å². The molecule has 1 aromatic carbocycles. The zero-order valence-corrected chi connectivity index (χ0v) is 11.7. The molecular weight excluding hydrogens is 252 g/mol. The number of hydrogen-bond acceptors (Lipinski definition) is 3. The second-order valence-electron chi connectivity index (χ2n) is 4.87. The van der Waals surface area contributed by atoms with Crippen molar-refractivity contribution in [2.75, 3.05) is 25.0 Å². The summed E-state index contributed by atoms with van der Waals surface area (Å²) in [5.41, 5.74) is 1.43. The molecule has 1 atom stereocenters. The van der Waals surface area contributed by atoms with Crippen molar-refractivity contribution in [1.82, 2.24) is 4.90 Å². The summed E-state index contributed by atoms with van der Waals surface area (Å²) in [4.78, 5) is 14.3. The maximum Gasteiger partial charge on any atom is 0.256 e. The van der Waals surface area contributed by atoms with E-state index in [0.29, 0.717) is 25.2 Å².